The summed E-state index contributed by atoms with van der Waals surface area (Å²) in [5, 5.41) is 0. The molecule has 0 heterocycles. The second-order valence-electron chi connectivity index (χ2n) is 4.93. The van der Waals surface area contributed by atoms with E-state index in [2.05, 4.69) is 6.92 Å². The Morgan fingerprint density at radius 3 is 2.44 bits per heavy atom. The van der Waals surface area contributed by atoms with Crippen LogP contribution < -0.4 is 5.73 Å². The van der Waals surface area contributed by atoms with E-state index in [0.717, 1.165) is 18.4 Å². The van der Waals surface area contributed by atoms with Gasteiger partial charge < -0.3 is 5.73 Å². The van der Waals surface area contributed by atoms with Crippen LogP contribution in [0.3, 0.4) is 0 Å². The number of sulfone groups is 1. The minimum absolute atomic E-state index is 0.144. The Labute approximate surface area is 110 Å². The molecule has 0 aliphatic carbocycles. The van der Waals surface area contributed by atoms with Gasteiger partial charge >= 0.3 is 0 Å². The van der Waals surface area contributed by atoms with Gasteiger partial charge in [0.25, 0.3) is 0 Å². The zero-order valence-electron chi connectivity index (χ0n) is 11.4. The Bertz CT molecular complexity index is 480. The van der Waals surface area contributed by atoms with Crippen molar-refractivity contribution in [3.05, 3.63) is 29.8 Å². The van der Waals surface area contributed by atoms with Gasteiger partial charge in [0.1, 0.15) is 0 Å². The number of benzene rings is 1. The van der Waals surface area contributed by atoms with Crippen LogP contribution >= 0.6 is 0 Å². The van der Waals surface area contributed by atoms with Gasteiger partial charge in [0.2, 0.25) is 0 Å². The van der Waals surface area contributed by atoms with Gasteiger partial charge in [-0.1, -0.05) is 26.0 Å². The lowest BCUT2D eigenvalue weighted by Crippen LogP contribution is -2.15. The average molecular weight is 269 g/mol. The van der Waals surface area contributed by atoms with Gasteiger partial charge in [-0.15, -0.1) is 0 Å². The largest absolute Gasteiger partial charge is 0.328 e. The lowest BCUT2D eigenvalue weighted by atomic mass is 9.95. The van der Waals surface area contributed by atoms with E-state index >= 15 is 0 Å². The highest BCUT2D eigenvalue weighted by molar-refractivity contribution is 7.91. The third-order valence-electron chi connectivity index (χ3n) is 3.22. The Kier molecular flexibility index (Phi) is 5.35. The fourth-order valence-corrected chi connectivity index (χ4v) is 2.80. The van der Waals surface area contributed by atoms with Gasteiger partial charge in [0, 0.05) is 6.04 Å². The standard InChI is InChI=1S/C14H23NO2S/c1-4-18(16,17)14-7-5-6-13(10-14)11(2)8-9-12(3)15/h5-7,10-12H,4,8-9,15H2,1-3H3. The van der Waals surface area contributed by atoms with Crippen molar-refractivity contribution >= 4 is 9.84 Å². The number of hydrogen-bond donors (Lipinski definition) is 1. The fourth-order valence-electron chi connectivity index (χ4n) is 1.86. The van der Waals surface area contributed by atoms with Gasteiger partial charge in [-0.05, 0) is 43.4 Å². The molecule has 0 aliphatic heterocycles. The second-order valence-corrected chi connectivity index (χ2v) is 7.21. The Morgan fingerprint density at radius 1 is 1.22 bits per heavy atom. The van der Waals surface area contributed by atoms with E-state index in [-0.39, 0.29) is 11.8 Å². The summed E-state index contributed by atoms with van der Waals surface area (Å²) in [5.74, 6) is 0.480. The third kappa shape index (κ3) is 4.10. The number of rotatable bonds is 6. The van der Waals surface area contributed by atoms with E-state index < -0.39 is 9.84 Å². The molecule has 102 valence electrons. The van der Waals surface area contributed by atoms with E-state index in [9.17, 15) is 8.42 Å². The van der Waals surface area contributed by atoms with E-state index in [1.54, 1.807) is 19.1 Å². The third-order valence-corrected chi connectivity index (χ3v) is 4.95. The molecule has 0 saturated heterocycles. The number of nitrogens with two attached hydrogens (primary N) is 1. The molecule has 1 aromatic carbocycles. The molecule has 0 radical (unpaired) electrons. The summed E-state index contributed by atoms with van der Waals surface area (Å²) >= 11 is 0. The van der Waals surface area contributed by atoms with Gasteiger partial charge in [-0.25, -0.2) is 8.42 Å². The van der Waals surface area contributed by atoms with Gasteiger partial charge in [0.15, 0.2) is 9.84 Å². The van der Waals surface area contributed by atoms with Crippen LogP contribution in [0.5, 0.6) is 0 Å². The summed E-state index contributed by atoms with van der Waals surface area (Å²) in [7, 11) is -3.11. The van der Waals surface area contributed by atoms with Crippen molar-refractivity contribution in [3.8, 4) is 0 Å². The molecule has 0 spiro atoms. The van der Waals surface area contributed by atoms with Crippen molar-refractivity contribution < 1.29 is 8.42 Å². The molecule has 2 atom stereocenters. The molecular weight excluding hydrogens is 246 g/mol. The van der Waals surface area contributed by atoms with Crippen molar-refractivity contribution in [2.45, 2.75) is 50.5 Å². The smallest absolute Gasteiger partial charge is 0.178 e. The Hall–Kier alpha value is -0.870. The quantitative estimate of drug-likeness (QED) is 0.863. The minimum Gasteiger partial charge on any atom is -0.328 e. The molecule has 2 unspecified atom stereocenters. The predicted molar refractivity (Wildman–Crippen MR) is 75.5 cm³/mol. The van der Waals surface area contributed by atoms with Crippen molar-refractivity contribution in [2.24, 2.45) is 5.73 Å². The zero-order valence-corrected chi connectivity index (χ0v) is 12.2. The fraction of sp³-hybridized carbons (Fsp3) is 0.571. The van der Waals surface area contributed by atoms with Crippen LogP contribution in [0, 0.1) is 0 Å². The first-order chi connectivity index (χ1) is 8.36. The van der Waals surface area contributed by atoms with Gasteiger partial charge in [-0.2, -0.15) is 0 Å². The van der Waals surface area contributed by atoms with Crippen molar-refractivity contribution in [1.82, 2.24) is 0 Å². The summed E-state index contributed by atoms with van der Waals surface area (Å²) in [5.41, 5.74) is 6.82. The van der Waals surface area contributed by atoms with Crippen molar-refractivity contribution in [3.63, 3.8) is 0 Å². The molecule has 0 aromatic heterocycles. The maximum absolute atomic E-state index is 11.8. The monoisotopic (exact) mass is 269 g/mol. The summed E-state index contributed by atoms with van der Waals surface area (Å²) in [6.07, 6.45) is 1.93. The van der Waals surface area contributed by atoms with E-state index in [0.29, 0.717) is 10.8 Å². The molecule has 2 N–H and O–H groups in total. The molecule has 0 saturated carbocycles. The summed E-state index contributed by atoms with van der Waals surface area (Å²) in [4.78, 5) is 0.426. The van der Waals surface area contributed by atoms with Gasteiger partial charge in [-0.3, -0.25) is 0 Å². The first-order valence-corrected chi connectivity index (χ1v) is 8.10. The summed E-state index contributed by atoms with van der Waals surface area (Å²) in [6, 6.07) is 7.46. The Morgan fingerprint density at radius 2 is 1.89 bits per heavy atom. The first kappa shape index (κ1) is 15.2. The molecule has 1 rings (SSSR count). The Balaban J connectivity index is 2.88. The summed E-state index contributed by atoms with van der Waals surface area (Å²) in [6.45, 7) is 5.77. The van der Waals surface area contributed by atoms with Crippen molar-refractivity contribution in [1.29, 1.82) is 0 Å². The van der Waals surface area contributed by atoms with E-state index in [1.807, 2.05) is 19.1 Å². The highest BCUT2D eigenvalue weighted by Crippen LogP contribution is 2.24. The SMILES string of the molecule is CCS(=O)(=O)c1cccc(C(C)CCC(C)N)c1. The molecular formula is C14H23NO2S. The normalized spacial score (nSPS) is 15.3. The van der Waals surface area contributed by atoms with Crippen LogP contribution in [0.4, 0.5) is 0 Å². The van der Waals surface area contributed by atoms with E-state index in [1.165, 1.54) is 0 Å². The maximum Gasteiger partial charge on any atom is 0.178 e. The highest BCUT2D eigenvalue weighted by atomic mass is 32.2. The molecule has 4 heteroatoms. The molecule has 1 aromatic rings. The molecule has 0 aliphatic rings. The van der Waals surface area contributed by atoms with Crippen LogP contribution in [0.1, 0.15) is 45.1 Å². The molecule has 0 bridgehead atoms. The summed E-state index contributed by atoms with van der Waals surface area (Å²) < 4.78 is 23.6. The topological polar surface area (TPSA) is 60.2 Å². The average Bonchev–Trinajstić information content (AvgIpc) is 2.36. The lowest BCUT2D eigenvalue weighted by Gasteiger charge is -2.14. The second kappa shape index (κ2) is 6.34. The van der Waals surface area contributed by atoms with Crippen LogP contribution in [0.2, 0.25) is 0 Å². The van der Waals surface area contributed by atoms with Crippen LogP contribution in [0.25, 0.3) is 0 Å². The highest BCUT2D eigenvalue weighted by Gasteiger charge is 2.14. The number of hydrogen-bond acceptors (Lipinski definition) is 3. The van der Waals surface area contributed by atoms with Crippen LogP contribution in [0.15, 0.2) is 29.2 Å². The maximum atomic E-state index is 11.8. The zero-order chi connectivity index (χ0) is 13.8. The molecule has 3 nitrogen and oxygen atoms in total. The molecule has 18 heavy (non-hydrogen) atoms. The van der Waals surface area contributed by atoms with Crippen LogP contribution in [-0.4, -0.2) is 20.2 Å². The van der Waals surface area contributed by atoms with Crippen LogP contribution in [-0.2, 0) is 9.84 Å². The minimum atomic E-state index is -3.11. The predicted octanol–water partition coefficient (Wildman–Crippen LogP) is 2.71. The molecule has 0 fully saturated rings. The van der Waals surface area contributed by atoms with Gasteiger partial charge in [0.05, 0.1) is 10.6 Å². The molecule has 0 amide bonds. The van der Waals surface area contributed by atoms with E-state index in [4.69, 9.17) is 5.73 Å². The lowest BCUT2D eigenvalue weighted by molar-refractivity contribution is 0.567. The first-order valence-electron chi connectivity index (χ1n) is 6.45. The van der Waals surface area contributed by atoms with Crippen molar-refractivity contribution in [2.75, 3.05) is 5.75 Å².